The summed E-state index contributed by atoms with van der Waals surface area (Å²) < 4.78 is 0. The van der Waals surface area contributed by atoms with E-state index < -0.39 is 0 Å². The minimum absolute atomic E-state index is 0.0197. The summed E-state index contributed by atoms with van der Waals surface area (Å²) in [5.74, 6) is -0.0197. The van der Waals surface area contributed by atoms with E-state index in [2.05, 4.69) is 5.32 Å². The van der Waals surface area contributed by atoms with Crippen LogP contribution in [0.1, 0.15) is 29.3 Å². The van der Waals surface area contributed by atoms with Crippen molar-refractivity contribution >= 4 is 5.91 Å². The molecule has 3 nitrogen and oxygen atoms in total. The van der Waals surface area contributed by atoms with E-state index in [4.69, 9.17) is 5.73 Å². The van der Waals surface area contributed by atoms with Crippen LogP contribution < -0.4 is 11.1 Å². The third-order valence-corrected chi connectivity index (χ3v) is 2.27. The molecule has 0 saturated carbocycles. The molecule has 15 heavy (non-hydrogen) atoms. The smallest absolute Gasteiger partial charge is 0.251 e. The number of benzene rings is 1. The molecule has 3 N–H and O–H groups in total. The van der Waals surface area contributed by atoms with Gasteiger partial charge in [0.1, 0.15) is 0 Å². The van der Waals surface area contributed by atoms with Gasteiger partial charge in [-0.3, -0.25) is 4.79 Å². The second-order valence-corrected chi connectivity index (χ2v) is 3.84. The Balaban J connectivity index is 2.51. The molecule has 1 atom stereocenters. The van der Waals surface area contributed by atoms with Crippen molar-refractivity contribution in [2.75, 3.05) is 6.54 Å². The Bertz CT molecular complexity index is 334. The van der Waals surface area contributed by atoms with Gasteiger partial charge < -0.3 is 11.1 Å². The van der Waals surface area contributed by atoms with E-state index in [0.717, 1.165) is 17.5 Å². The predicted molar refractivity (Wildman–Crippen MR) is 61.8 cm³/mol. The topological polar surface area (TPSA) is 55.1 Å². The number of amides is 1. The third kappa shape index (κ3) is 3.72. The molecule has 0 aliphatic heterocycles. The molecule has 0 heterocycles. The van der Waals surface area contributed by atoms with Gasteiger partial charge in [-0.15, -0.1) is 0 Å². The van der Waals surface area contributed by atoms with Crippen molar-refractivity contribution in [2.45, 2.75) is 26.3 Å². The second kappa shape index (κ2) is 5.51. The average Bonchev–Trinajstić information content (AvgIpc) is 2.17. The number of hydrogen-bond donors (Lipinski definition) is 2. The molecule has 1 unspecified atom stereocenters. The Morgan fingerprint density at radius 2 is 2.13 bits per heavy atom. The van der Waals surface area contributed by atoms with Gasteiger partial charge >= 0.3 is 0 Å². The lowest BCUT2D eigenvalue weighted by atomic mass is 10.1. The largest absolute Gasteiger partial charge is 0.352 e. The first kappa shape index (κ1) is 11.7. The highest BCUT2D eigenvalue weighted by Gasteiger charge is 2.06. The maximum Gasteiger partial charge on any atom is 0.251 e. The van der Waals surface area contributed by atoms with E-state index in [1.807, 2.05) is 38.1 Å². The van der Waals surface area contributed by atoms with E-state index in [1.54, 1.807) is 0 Å². The van der Waals surface area contributed by atoms with E-state index in [0.29, 0.717) is 6.54 Å². The number of carbonyl (C=O) groups is 1. The molecule has 0 aliphatic rings. The summed E-state index contributed by atoms with van der Waals surface area (Å²) in [6.45, 7) is 4.49. The van der Waals surface area contributed by atoms with Crippen LogP contribution in [0.4, 0.5) is 0 Å². The molecule has 0 bridgehead atoms. The normalized spacial score (nSPS) is 12.2. The van der Waals surface area contributed by atoms with Gasteiger partial charge in [0, 0.05) is 18.2 Å². The highest BCUT2D eigenvalue weighted by molar-refractivity contribution is 5.95. The number of carbonyl (C=O) groups excluding carboxylic acids is 1. The lowest BCUT2D eigenvalue weighted by Crippen LogP contribution is -2.29. The van der Waals surface area contributed by atoms with Crippen LogP contribution in [0.3, 0.4) is 0 Å². The van der Waals surface area contributed by atoms with Crippen LogP contribution in [0.15, 0.2) is 24.3 Å². The van der Waals surface area contributed by atoms with E-state index in [-0.39, 0.29) is 11.9 Å². The molecule has 1 aromatic rings. The molecule has 0 fully saturated rings. The molecule has 1 amide bonds. The number of hydrogen-bond acceptors (Lipinski definition) is 2. The fourth-order valence-electron chi connectivity index (χ4n) is 1.34. The Morgan fingerprint density at radius 1 is 1.47 bits per heavy atom. The summed E-state index contributed by atoms with van der Waals surface area (Å²) in [5.41, 5.74) is 7.33. The Morgan fingerprint density at radius 3 is 2.73 bits per heavy atom. The minimum atomic E-state index is -0.0197. The summed E-state index contributed by atoms with van der Waals surface area (Å²) in [4.78, 5) is 11.7. The van der Waals surface area contributed by atoms with Gasteiger partial charge in [-0.2, -0.15) is 0 Å². The van der Waals surface area contributed by atoms with Crippen LogP contribution in [0, 0.1) is 6.92 Å². The number of nitrogens with two attached hydrogens (primary N) is 1. The predicted octanol–water partition coefficient (Wildman–Crippen LogP) is 1.46. The van der Waals surface area contributed by atoms with Crippen molar-refractivity contribution in [3.8, 4) is 0 Å². The van der Waals surface area contributed by atoms with Crippen LogP contribution in [-0.2, 0) is 0 Å². The Kier molecular flexibility index (Phi) is 4.31. The SMILES string of the molecule is Cc1ccccc1C(=O)NCCC(C)N. The molecule has 82 valence electrons. The molecule has 0 aromatic heterocycles. The first-order chi connectivity index (χ1) is 7.11. The first-order valence-electron chi connectivity index (χ1n) is 5.20. The van der Waals surface area contributed by atoms with Gasteiger partial charge in [0.05, 0.1) is 0 Å². The molecule has 0 aliphatic carbocycles. The van der Waals surface area contributed by atoms with Gasteiger partial charge in [-0.1, -0.05) is 18.2 Å². The Hall–Kier alpha value is -1.35. The summed E-state index contributed by atoms with van der Waals surface area (Å²) >= 11 is 0. The number of aryl methyl sites for hydroxylation is 1. The summed E-state index contributed by atoms with van der Waals surface area (Å²) in [5, 5.41) is 2.85. The van der Waals surface area contributed by atoms with Crippen molar-refractivity contribution in [1.29, 1.82) is 0 Å². The van der Waals surface area contributed by atoms with E-state index >= 15 is 0 Å². The zero-order valence-corrected chi connectivity index (χ0v) is 9.29. The Labute approximate surface area is 90.7 Å². The van der Waals surface area contributed by atoms with Crippen LogP contribution in [0.2, 0.25) is 0 Å². The monoisotopic (exact) mass is 206 g/mol. The van der Waals surface area contributed by atoms with Gasteiger partial charge in [0.15, 0.2) is 0 Å². The molecule has 1 rings (SSSR count). The van der Waals surface area contributed by atoms with Gasteiger partial charge in [0.25, 0.3) is 5.91 Å². The quantitative estimate of drug-likeness (QED) is 0.783. The van der Waals surface area contributed by atoms with Crippen molar-refractivity contribution < 1.29 is 4.79 Å². The fraction of sp³-hybridized carbons (Fsp3) is 0.417. The minimum Gasteiger partial charge on any atom is -0.352 e. The number of nitrogens with one attached hydrogen (secondary N) is 1. The lowest BCUT2D eigenvalue weighted by molar-refractivity contribution is 0.0952. The van der Waals surface area contributed by atoms with Gasteiger partial charge in [-0.25, -0.2) is 0 Å². The standard InChI is InChI=1S/C12H18N2O/c1-9-5-3-4-6-11(9)12(15)14-8-7-10(2)13/h3-6,10H,7-8,13H2,1-2H3,(H,14,15). The third-order valence-electron chi connectivity index (χ3n) is 2.27. The van der Waals surface area contributed by atoms with Crippen LogP contribution >= 0.6 is 0 Å². The van der Waals surface area contributed by atoms with Crippen LogP contribution in [-0.4, -0.2) is 18.5 Å². The first-order valence-corrected chi connectivity index (χ1v) is 5.20. The molecular formula is C12H18N2O. The molecule has 0 radical (unpaired) electrons. The van der Waals surface area contributed by atoms with Gasteiger partial charge in [0.2, 0.25) is 0 Å². The molecule has 3 heteroatoms. The van der Waals surface area contributed by atoms with E-state index in [1.165, 1.54) is 0 Å². The molecule has 1 aromatic carbocycles. The zero-order valence-electron chi connectivity index (χ0n) is 9.29. The highest BCUT2D eigenvalue weighted by Crippen LogP contribution is 2.06. The zero-order chi connectivity index (χ0) is 11.3. The maximum absolute atomic E-state index is 11.7. The van der Waals surface area contributed by atoms with E-state index in [9.17, 15) is 4.79 Å². The summed E-state index contributed by atoms with van der Waals surface area (Å²) in [6.07, 6.45) is 0.803. The summed E-state index contributed by atoms with van der Waals surface area (Å²) in [6, 6.07) is 7.68. The lowest BCUT2D eigenvalue weighted by Gasteiger charge is -2.08. The van der Waals surface area contributed by atoms with Crippen molar-refractivity contribution in [2.24, 2.45) is 5.73 Å². The fourth-order valence-corrected chi connectivity index (χ4v) is 1.34. The van der Waals surface area contributed by atoms with Gasteiger partial charge in [-0.05, 0) is 31.9 Å². The van der Waals surface area contributed by atoms with Crippen molar-refractivity contribution in [3.63, 3.8) is 0 Å². The van der Waals surface area contributed by atoms with Crippen LogP contribution in [0.25, 0.3) is 0 Å². The molecular weight excluding hydrogens is 188 g/mol. The average molecular weight is 206 g/mol. The van der Waals surface area contributed by atoms with Crippen molar-refractivity contribution in [3.05, 3.63) is 35.4 Å². The van der Waals surface area contributed by atoms with Crippen molar-refractivity contribution in [1.82, 2.24) is 5.32 Å². The molecule has 0 spiro atoms. The van der Waals surface area contributed by atoms with Crippen LogP contribution in [0.5, 0.6) is 0 Å². The summed E-state index contributed by atoms with van der Waals surface area (Å²) in [7, 11) is 0. The highest BCUT2D eigenvalue weighted by atomic mass is 16.1. The maximum atomic E-state index is 11.7. The number of rotatable bonds is 4. The second-order valence-electron chi connectivity index (χ2n) is 3.84. The molecule has 0 saturated heterocycles.